The molecule has 1 aromatic heterocycles. The van der Waals surface area contributed by atoms with Crippen LogP contribution in [-0.2, 0) is 17.8 Å². The van der Waals surface area contributed by atoms with Crippen molar-refractivity contribution in [3.05, 3.63) is 34.9 Å². The van der Waals surface area contributed by atoms with Gasteiger partial charge in [0, 0.05) is 36.4 Å². The number of morpholine rings is 1. The summed E-state index contributed by atoms with van der Waals surface area (Å²) in [4.78, 5) is 23.3. The first-order chi connectivity index (χ1) is 13.2. The predicted octanol–water partition coefficient (Wildman–Crippen LogP) is 0.608. The Morgan fingerprint density at radius 1 is 1.33 bits per heavy atom. The molecule has 142 valence electrons. The highest BCUT2D eigenvalue weighted by Gasteiger charge is 2.20. The van der Waals surface area contributed by atoms with Gasteiger partial charge in [-0.3, -0.25) is 10.1 Å². The summed E-state index contributed by atoms with van der Waals surface area (Å²) in [5.41, 5.74) is 8.71. The Labute approximate surface area is 156 Å². The van der Waals surface area contributed by atoms with Crippen molar-refractivity contribution in [2.24, 2.45) is 0 Å². The Bertz CT molecular complexity index is 866. The largest absolute Gasteiger partial charge is 0.392 e. The SMILES string of the molecule is Nc1nc(NC(=O)c2ccc(N3CCOCC3)cc2CO)nc2c1CCN2. The van der Waals surface area contributed by atoms with E-state index in [0.29, 0.717) is 36.0 Å². The average Bonchev–Trinajstić information content (AvgIpc) is 3.17. The molecule has 1 fully saturated rings. The lowest BCUT2D eigenvalue weighted by Gasteiger charge is -2.29. The van der Waals surface area contributed by atoms with E-state index in [-0.39, 0.29) is 18.5 Å². The maximum atomic E-state index is 12.7. The number of nitrogens with two attached hydrogens (primary N) is 1. The normalized spacial score (nSPS) is 16.0. The van der Waals surface area contributed by atoms with E-state index in [2.05, 4.69) is 25.5 Å². The first-order valence-corrected chi connectivity index (χ1v) is 8.94. The highest BCUT2D eigenvalue weighted by atomic mass is 16.5. The number of hydrogen-bond donors (Lipinski definition) is 4. The molecule has 3 heterocycles. The van der Waals surface area contributed by atoms with Gasteiger partial charge < -0.3 is 25.8 Å². The molecule has 2 aliphatic rings. The van der Waals surface area contributed by atoms with Crippen LogP contribution in [0.4, 0.5) is 23.3 Å². The zero-order chi connectivity index (χ0) is 18.8. The quantitative estimate of drug-likeness (QED) is 0.617. The predicted molar refractivity (Wildman–Crippen MR) is 102 cm³/mol. The van der Waals surface area contributed by atoms with Gasteiger partial charge in [-0.25, -0.2) is 0 Å². The van der Waals surface area contributed by atoms with Crippen molar-refractivity contribution in [1.29, 1.82) is 0 Å². The second-order valence-electron chi connectivity index (χ2n) is 6.49. The zero-order valence-corrected chi connectivity index (χ0v) is 14.9. The third-order valence-electron chi connectivity index (χ3n) is 4.81. The van der Waals surface area contributed by atoms with Crippen LogP contribution in [0.2, 0.25) is 0 Å². The molecular weight excluding hydrogens is 348 g/mol. The van der Waals surface area contributed by atoms with Gasteiger partial charge in [-0.2, -0.15) is 9.97 Å². The number of ether oxygens (including phenoxy) is 1. The van der Waals surface area contributed by atoms with Gasteiger partial charge in [-0.1, -0.05) is 0 Å². The fourth-order valence-electron chi connectivity index (χ4n) is 3.38. The number of aliphatic hydroxyl groups excluding tert-OH is 1. The lowest BCUT2D eigenvalue weighted by Crippen LogP contribution is -2.36. The van der Waals surface area contributed by atoms with E-state index in [1.165, 1.54) is 0 Å². The molecule has 0 bridgehead atoms. The summed E-state index contributed by atoms with van der Waals surface area (Å²) in [5.74, 6) is 0.782. The van der Waals surface area contributed by atoms with Crippen molar-refractivity contribution in [3.8, 4) is 0 Å². The molecule has 0 saturated carbocycles. The number of benzene rings is 1. The molecule has 9 heteroatoms. The van der Waals surface area contributed by atoms with Crippen LogP contribution in [0.5, 0.6) is 0 Å². The molecule has 2 aliphatic heterocycles. The van der Waals surface area contributed by atoms with Crippen molar-refractivity contribution in [2.75, 3.05) is 54.1 Å². The molecule has 2 aromatic rings. The third-order valence-corrected chi connectivity index (χ3v) is 4.81. The van der Waals surface area contributed by atoms with Gasteiger partial charge in [-0.15, -0.1) is 0 Å². The van der Waals surface area contributed by atoms with E-state index in [0.717, 1.165) is 37.3 Å². The third kappa shape index (κ3) is 3.51. The van der Waals surface area contributed by atoms with Gasteiger partial charge in [0.25, 0.3) is 5.91 Å². The second kappa shape index (κ2) is 7.37. The van der Waals surface area contributed by atoms with Crippen LogP contribution in [0.3, 0.4) is 0 Å². The summed E-state index contributed by atoms with van der Waals surface area (Å²) < 4.78 is 5.36. The van der Waals surface area contributed by atoms with Crippen LogP contribution in [0, 0.1) is 0 Å². The number of fused-ring (bicyclic) bond motifs is 1. The number of nitrogens with zero attached hydrogens (tertiary/aromatic N) is 3. The van der Waals surface area contributed by atoms with Crippen molar-refractivity contribution in [1.82, 2.24) is 9.97 Å². The van der Waals surface area contributed by atoms with Crippen LogP contribution in [-0.4, -0.2) is 53.8 Å². The Hall–Kier alpha value is -2.91. The molecule has 1 aromatic carbocycles. The van der Waals surface area contributed by atoms with Crippen LogP contribution in [0.25, 0.3) is 0 Å². The van der Waals surface area contributed by atoms with E-state index in [1.54, 1.807) is 6.07 Å². The molecule has 1 amide bonds. The molecule has 0 aliphatic carbocycles. The van der Waals surface area contributed by atoms with Crippen LogP contribution >= 0.6 is 0 Å². The van der Waals surface area contributed by atoms with Crippen LogP contribution in [0.1, 0.15) is 21.5 Å². The zero-order valence-electron chi connectivity index (χ0n) is 14.9. The molecule has 0 unspecified atom stereocenters. The van der Waals surface area contributed by atoms with Crippen LogP contribution in [0.15, 0.2) is 18.2 Å². The summed E-state index contributed by atoms with van der Waals surface area (Å²) in [5, 5.41) is 15.5. The highest BCUT2D eigenvalue weighted by molar-refractivity contribution is 6.04. The number of hydrogen-bond acceptors (Lipinski definition) is 8. The standard InChI is InChI=1S/C18H22N6O3/c19-15-14-3-4-20-16(14)22-18(21-15)23-17(26)13-2-1-12(9-11(13)10-25)24-5-7-27-8-6-24/h1-2,9,25H,3-8,10H2,(H4,19,20,21,22,23,26). The Morgan fingerprint density at radius 2 is 2.15 bits per heavy atom. The smallest absolute Gasteiger partial charge is 0.258 e. The number of carbonyl (C=O) groups excluding carboxylic acids is 1. The Balaban J connectivity index is 1.55. The number of nitrogens with one attached hydrogen (secondary N) is 2. The molecule has 0 atom stereocenters. The lowest BCUT2D eigenvalue weighted by molar-refractivity contribution is 0.102. The minimum Gasteiger partial charge on any atom is -0.392 e. The molecule has 27 heavy (non-hydrogen) atoms. The van der Waals surface area contributed by atoms with Gasteiger partial charge >= 0.3 is 0 Å². The van der Waals surface area contributed by atoms with Crippen molar-refractivity contribution >= 4 is 29.2 Å². The monoisotopic (exact) mass is 370 g/mol. The topological polar surface area (TPSA) is 126 Å². The number of amides is 1. The highest BCUT2D eigenvalue weighted by Crippen LogP contribution is 2.26. The van der Waals surface area contributed by atoms with Gasteiger partial charge in [0.1, 0.15) is 11.6 Å². The Kier molecular flexibility index (Phi) is 4.78. The van der Waals surface area contributed by atoms with Gasteiger partial charge in [0.05, 0.1) is 19.8 Å². The summed E-state index contributed by atoms with van der Waals surface area (Å²) in [6.45, 7) is 3.42. The number of rotatable bonds is 4. The van der Waals surface area contributed by atoms with E-state index in [9.17, 15) is 9.90 Å². The van der Waals surface area contributed by atoms with Gasteiger partial charge in [-0.05, 0) is 30.2 Å². The summed E-state index contributed by atoms with van der Waals surface area (Å²) in [7, 11) is 0. The molecule has 1 saturated heterocycles. The first-order valence-electron chi connectivity index (χ1n) is 8.94. The van der Waals surface area contributed by atoms with Gasteiger partial charge in [0.2, 0.25) is 5.95 Å². The number of aliphatic hydroxyl groups is 1. The minimum atomic E-state index is -0.384. The molecule has 4 rings (SSSR count). The van der Waals surface area contributed by atoms with Crippen molar-refractivity contribution in [2.45, 2.75) is 13.0 Å². The average molecular weight is 370 g/mol. The lowest BCUT2D eigenvalue weighted by atomic mass is 10.1. The van der Waals surface area contributed by atoms with E-state index < -0.39 is 0 Å². The van der Waals surface area contributed by atoms with Crippen molar-refractivity contribution in [3.63, 3.8) is 0 Å². The van der Waals surface area contributed by atoms with E-state index >= 15 is 0 Å². The molecule has 0 radical (unpaired) electrons. The number of aromatic nitrogens is 2. The van der Waals surface area contributed by atoms with Gasteiger partial charge in [0.15, 0.2) is 0 Å². The summed E-state index contributed by atoms with van der Waals surface area (Å²) in [6.07, 6.45) is 0.771. The Morgan fingerprint density at radius 3 is 2.93 bits per heavy atom. The van der Waals surface area contributed by atoms with E-state index in [1.807, 2.05) is 12.1 Å². The second-order valence-corrected chi connectivity index (χ2v) is 6.49. The minimum absolute atomic E-state index is 0.145. The number of carbonyl (C=O) groups is 1. The maximum Gasteiger partial charge on any atom is 0.258 e. The maximum absolute atomic E-state index is 12.7. The fourth-order valence-corrected chi connectivity index (χ4v) is 3.38. The van der Waals surface area contributed by atoms with Crippen LogP contribution < -0.4 is 21.3 Å². The first kappa shape index (κ1) is 17.5. The number of anilines is 4. The molecular formula is C18H22N6O3. The van der Waals surface area contributed by atoms with Crippen molar-refractivity contribution < 1.29 is 14.6 Å². The summed E-state index contributed by atoms with van der Waals surface area (Å²) >= 11 is 0. The molecule has 5 N–H and O–H groups in total. The molecule has 0 spiro atoms. The fraction of sp³-hybridized carbons (Fsp3) is 0.389. The number of nitrogen functional groups attached to an aromatic ring is 1. The summed E-state index contributed by atoms with van der Waals surface area (Å²) in [6, 6.07) is 5.42. The van der Waals surface area contributed by atoms with E-state index in [4.69, 9.17) is 10.5 Å². The molecule has 9 nitrogen and oxygen atoms in total.